The second kappa shape index (κ2) is 7.41. The van der Waals surface area contributed by atoms with Gasteiger partial charge in [0.25, 0.3) is 0 Å². The van der Waals surface area contributed by atoms with Crippen LogP contribution in [0.2, 0.25) is 5.02 Å². The van der Waals surface area contributed by atoms with E-state index in [-0.39, 0.29) is 0 Å². The summed E-state index contributed by atoms with van der Waals surface area (Å²) in [5.74, 6) is 0.503. The van der Waals surface area contributed by atoms with Crippen LogP contribution in [0.5, 0.6) is 0 Å². The summed E-state index contributed by atoms with van der Waals surface area (Å²) in [6.45, 7) is 0. The van der Waals surface area contributed by atoms with Gasteiger partial charge in [0, 0.05) is 16.1 Å². The first kappa shape index (κ1) is 17.0. The van der Waals surface area contributed by atoms with Crippen LogP contribution in [-0.4, -0.2) is 10.8 Å². The minimum absolute atomic E-state index is 0.503. The number of amidine groups is 1. The van der Waals surface area contributed by atoms with Crippen LogP contribution in [0.15, 0.2) is 77.1 Å². The fraction of sp³-hybridized carbons (Fsp3) is 0. The summed E-state index contributed by atoms with van der Waals surface area (Å²) in [6.07, 6.45) is 0. The number of aliphatic imine (C=N–C) groups is 1. The van der Waals surface area contributed by atoms with Gasteiger partial charge in [-0.15, -0.1) is 11.3 Å². The molecular weight excluding hydrogens is 382 g/mol. The third-order valence-electron chi connectivity index (χ3n) is 3.74. The number of benzene rings is 2. The Kier molecular flexibility index (Phi) is 4.84. The summed E-state index contributed by atoms with van der Waals surface area (Å²) in [7, 11) is 0. The smallest absolute Gasteiger partial charge is 0.146 e. The van der Waals surface area contributed by atoms with Crippen LogP contribution < -0.4 is 5.73 Å². The average Bonchev–Trinajstić information content (AvgIpc) is 3.33. The zero-order chi connectivity index (χ0) is 17.9. The third kappa shape index (κ3) is 3.55. The molecule has 3 nitrogen and oxygen atoms in total. The summed E-state index contributed by atoms with van der Waals surface area (Å²) in [6, 6.07) is 21.6. The Morgan fingerprint density at radius 3 is 2.38 bits per heavy atom. The van der Waals surface area contributed by atoms with Gasteiger partial charge >= 0.3 is 0 Å². The van der Waals surface area contributed by atoms with Crippen LogP contribution in [0, 0.1) is 0 Å². The maximum absolute atomic E-state index is 6.21. The third-order valence-corrected chi connectivity index (χ3v) is 5.89. The van der Waals surface area contributed by atoms with Crippen molar-refractivity contribution in [2.45, 2.75) is 0 Å². The molecule has 0 bridgehead atoms. The monoisotopic (exact) mass is 395 g/mol. The molecule has 0 aliphatic rings. The van der Waals surface area contributed by atoms with E-state index in [2.05, 4.69) is 4.99 Å². The largest absolute Gasteiger partial charge is 0.382 e. The number of hydrogen-bond donors (Lipinski definition) is 1. The SMILES string of the molecule is N/C(=N\c1sc(-c2ccc(Cl)cc2)nc1-c1ccccc1)c1cccs1. The Labute approximate surface area is 164 Å². The lowest BCUT2D eigenvalue weighted by Gasteiger charge is -1.99. The molecule has 0 atom stereocenters. The highest BCUT2D eigenvalue weighted by Gasteiger charge is 2.15. The standard InChI is InChI=1S/C20H14ClN3S2/c21-15-10-8-14(9-11-15)19-23-17(13-5-2-1-3-6-13)20(26-19)24-18(22)16-7-4-12-25-16/h1-12H,(H2,22,24). The fourth-order valence-corrected chi connectivity index (χ4v) is 4.21. The van der Waals surface area contributed by atoms with Crippen LogP contribution in [0.25, 0.3) is 21.8 Å². The Hall–Kier alpha value is -2.47. The summed E-state index contributed by atoms with van der Waals surface area (Å²) in [5, 5.41) is 4.38. The number of nitrogens with two attached hydrogens (primary N) is 1. The molecule has 2 aromatic carbocycles. The Morgan fingerprint density at radius 2 is 1.69 bits per heavy atom. The predicted molar refractivity (Wildman–Crippen MR) is 113 cm³/mol. The lowest BCUT2D eigenvalue weighted by atomic mass is 10.1. The molecule has 0 unspecified atom stereocenters. The quantitative estimate of drug-likeness (QED) is 0.329. The number of rotatable bonds is 4. The molecule has 0 saturated heterocycles. The Morgan fingerprint density at radius 1 is 0.923 bits per heavy atom. The van der Waals surface area contributed by atoms with E-state index in [4.69, 9.17) is 22.3 Å². The van der Waals surface area contributed by atoms with Gasteiger partial charge in [-0.1, -0.05) is 71.5 Å². The molecule has 26 heavy (non-hydrogen) atoms. The highest BCUT2D eigenvalue weighted by molar-refractivity contribution is 7.19. The van der Waals surface area contributed by atoms with Gasteiger partial charge in [-0.05, 0) is 23.6 Å². The van der Waals surface area contributed by atoms with Crippen LogP contribution in [0.4, 0.5) is 5.00 Å². The topological polar surface area (TPSA) is 51.3 Å². The minimum atomic E-state index is 0.503. The second-order valence-corrected chi connectivity index (χ2v) is 7.88. The van der Waals surface area contributed by atoms with Crippen molar-refractivity contribution in [1.29, 1.82) is 0 Å². The van der Waals surface area contributed by atoms with E-state index >= 15 is 0 Å². The second-order valence-electron chi connectivity index (χ2n) is 5.52. The van der Waals surface area contributed by atoms with E-state index in [9.17, 15) is 0 Å². The highest BCUT2D eigenvalue weighted by atomic mass is 35.5. The van der Waals surface area contributed by atoms with Crippen molar-refractivity contribution >= 4 is 45.1 Å². The van der Waals surface area contributed by atoms with Gasteiger partial charge < -0.3 is 5.73 Å². The number of thiophene rings is 1. The van der Waals surface area contributed by atoms with Crippen LogP contribution in [0.3, 0.4) is 0 Å². The molecule has 128 valence electrons. The van der Waals surface area contributed by atoms with Gasteiger partial charge in [0.2, 0.25) is 0 Å². The Balaban J connectivity index is 1.83. The van der Waals surface area contributed by atoms with Crippen molar-refractivity contribution in [3.8, 4) is 21.8 Å². The summed E-state index contributed by atoms with van der Waals surface area (Å²) >= 11 is 9.10. The lowest BCUT2D eigenvalue weighted by molar-refractivity contribution is 1.38. The lowest BCUT2D eigenvalue weighted by Crippen LogP contribution is -2.10. The highest BCUT2D eigenvalue weighted by Crippen LogP contribution is 2.40. The molecule has 0 spiro atoms. The Bertz CT molecular complexity index is 1040. The molecule has 0 aliphatic heterocycles. The molecule has 2 N–H and O–H groups in total. The first-order valence-electron chi connectivity index (χ1n) is 7.91. The van der Waals surface area contributed by atoms with E-state index in [0.717, 1.165) is 31.7 Å². The molecule has 4 aromatic rings. The van der Waals surface area contributed by atoms with Crippen LogP contribution in [0.1, 0.15) is 4.88 Å². The van der Waals surface area contributed by atoms with Gasteiger partial charge in [0.05, 0.1) is 4.88 Å². The van der Waals surface area contributed by atoms with E-state index in [1.165, 1.54) is 11.3 Å². The summed E-state index contributed by atoms with van der Waals surface area (Å²) in [5.41, 5.74) is 9.06. The number of hydrogen-bond acceptors (Lipinski definition) is 4. The van der Waals surface area contributed by atoms with Gasteiger partial charge in [-0.25, -0.2) is 9.98 Å². The van der Waals surface area contributed by atoms with E-state index in [0.29, 0.717) is 10.9 Å². The molecule has 2 aromatic heterocycles. The number of aromatic nitrogens is 1. The zero-order valence-corrected chi connectivity index (χ0v) is 16.0. The average molecular weight is 396 g/mol. The van der Waals surface area contributed by atoms with Gasteiger partial charge in [-0.2, -0.15) is 0 Å². The molecule has 0 fully saturated rings. The molecule has 0 aliphatic carbocycles. The van der Waals surface area contributed by atoms with E-state index < -0.39 is 0 Å². The zero-order valence-electron chi connectivity index (χ0n) is 13.6. The molecular formula is C20H14ClN3S2. The van der Waals surface area contributed by atoms with Crippen molar-refractivity contribution in [3.63, 3.8) is 0 Å². The fourth-order valence-electron chi connectivity index (χ4n) is 2.48. The van der Waals surface area contributed by atoms with Gasteiger partial charge in [-0.3, -0.25) is 0 Å². The molecule has 6 heteroatoms. The number of thiazole rings is 1. The molecule has 0 saturated carbocycles. The van der Waals surface area contributed by atoms with Gasteiger partial charge in [0.1, 0.15) is 21.5 Å². The molecule has 0 amide bonds. The van der Waals surface area contributed by atoms with Crippen molar-refractivity contribution in [1.82, 2.24) is 4.98 Å². The minimum Gasteiger partial charge on any atom is -0.382 e. The predicted octanol–water partition coefficient (Wildman–Crippen LogP) is 6.23. The van der Waals surface area contributed by atoms with E-state index in [1.54, 1.807) is 11.3 Å². The maximum atomic E-state index is 6.21. The first-order chi connectivity index (χ1) is 12.7. The molecule has 2 heterocycles. The van der Waals surface area contributed by atoms with Crippen molar-refractivity contribution in [3.05, 3.63) is 82.0 Å². The van der Waals surface area contributed by atoms with E-state index in [1.807, 2.05) is 72.1 Å². The maximum Gasteiger partial charge on any atom is 0.146 e. The number of halogens is 1. The summed E-state index contributed by atoms with van der Waals surface area (Å²) < 4.78 is 0. The van der Waals surface area contributed by atoms with Crippen molar-refractivity contribution < 1.29 is 0 Å². The van der Waals surface area contributed by atoms with Crippen molar-refractivity contribution in [2.75, 3.05) is 0 Å². The van der Waals surface area contributed by atoms with Crippen molar-refractivity contribution in [2.24, 2.45) is 10.7 Å². The first-order valence-corrected chi connectivity index (χ1v) is 9.98. The van der Waals surface area contributed by atoms with Gasteiger partial charge in [0.15, 0.2) is 0 Å². The summed E-state index contributed by atoms with van der Waals surface area (Å²) in [4.78, 5) is 10.5. The normalized spacial score (nSPS) is 11.7. The number of nitrogens with zero attached hydrogens (tertiary/aromatic N) is 2. The molecule has 4 rings (SSSR count). The molecule has 0 radical (unpaired) electrons. The van der Waals surface area contributed by atoms with Crippen LogP contribution in [-0.2, 0) is 0 Å². The van der Waals surface area contributed by atoms with Crippen LogP contribution >= 0.6 is 34.3 Å².